The Kier molecular flexibility index (Phi) is 7.10. The summed E-state index contributed by atoms with van der Waals surface area (Å²) in [5, 5.41) is 23.1. The Labute approximate surface area is 160 Å². The van der Waals surface area contributed by atoms with E-state index < -0.39 is 48.8 Å². The van der Waals surface area contributed by atoms with Crippen molar-refractivity contribution >= 4 is 34.7 Å². The molecule has 0 aliphatic rings. The maximum Gasteiger partial charge on any atom is 0.326 e. The first-order chi connectivity index (χ1) is 13.3. The second-order valence-electron chi connectivity index (χ2n) is 6.28. The number of benzene rings is 1. The Morgan fingerprint density at radius 2 is 1.86 bits per heavy atom. The van der Waals surface area contributed by atoms with E-state index in [1.807, 2.05) is 24.3 Å². The minimum absolute atomic E-state index is 0.258. The summed E-state index contributed by atoms with van der Waals surface area (Å²) in [6.07, 6.45) is 1.36. The minimum atomic E-state index is -1.35. The summed E-state index contributed by atoms with van der Waals surface area (Å²) in [4.78, 5) is 48.6. The first kappa shape index (κ1) is 20.9. The van der Waals surface area contributed by atoms with Crippen LogP contribution in [0.1, 0.15) is 18.4 Å². The third-order valence-corrected chi connectivity index (χ3v) is 4.15. The van der Waals surface area contributed by atoms with Crippen molar-refractivity contribution < 1.29 is 29.4 Å². The summed E-state index contributed by atoms with van der Waals surface area (Å²) in [6, 6.07) is 5.32. The average molecular weight is 390 g/mol. The number of fused-ring (bicyclic) bond motifs is 1. The van der Waals surface area contributed by atoms with Crippen LogP contribution in [0, 0.1) is 0 Å². The number of hydrogen-bond acceptors (Lipinski definition) is 5. The molecule has 0 saturated heterocycles. The van der Waals surface area contributed by atoms with Gasteiger partial charge in [0, 0.05) is 23.5 Å². The van der Waals surface area contributed by atoms with E-state index in [4.69, 9.17) is 15.9 Å². The van der Waals surface area contributed by atoms with Gasteiger partial charge in [0.25, 0.3) is 0 Å². The fourth-order valence-electron chi connectivity index (χ4n) is 2.70. The first-order valence-corrected chi connectivity index (χ1v) is 8.60. The molecule has 0 fully saturated rings. The van der Waals surface area contributed by atoms with Gasteiger partial charge in [0.05, 0.1) is 12.6 Å². The lowest BCUT2D eigenvalue weighted by Crippen LogP contribution is -2.49. The standard InChI is InChI=1S/C18H22N4O6/c19-12(7-10-8-20-13-4-2-1-3-11(10)13)17(26)21-9-15(23)22-14(18(27)28)5-6-16(24)25/h1-4,8,12,14,20H,5-7,9,19H2,(H,21,26)(H,22,23)(H,24,25)(H,27,28). The van der Waals surface area contributed by atoms with Crippen LogP contribution in [0.15, 0.2) is 30.5 Å². The van der Waals surface area contributed by atoms with Crippen molar-refractivity contribution in [3.8, 4) is 0 Å². The van der Waals surface area contributed by atoms with Crippen molar-refractivity contribution in [2.24, 2.45) is 5.73 Å². The van der Waals surface area contributed by atoms with Gasteiger partial charge in [0.15, 0.2) is 0 Å². The van der Waals surface area contributed by atoms with E-state index in [1.165, 1.54) is 0 Å². The number of aliphatic carboxylic acids is 2. The molecule has 2 amide bonds. The number of aromatic amines is 1. The molecule has 150 valence electrons. The number of para-hydroxylation sites is 1. The van der Waals surface area contributed by atoms with Gasteiger partial charge in [-0.15, -0.1) is 0 Å². The zero-order chi connectivity index (χ0) is 20.7. The summed E-state index contributed by atoms with van der Waals surface area (Å²) in [7, 11) is 0. The minimum Gasteiger partial charge on any atom is -0.481 e. The highest BCUT2D eigenvalue weighted by Crippen LogP contribution is 2.18. The number of aromatic nitrogens is 1. The quantitative estimate of drug-likeness (QED) is 0.319. The van der Waals surface area contributed by atoms with Crippen LogP contribution in [0.3, 0.4) is 0 Å². The summed E-state index contributed by atoms with van der Waals surface area (Å²) in [6.45, 7) is -0.461. The summed E-state index contributed by atoms with van der Waals surface area (Å²) < 4.78 is 0. The number of nitrogens with two attached hydrogens (primary N) is 1. The molecule has 28 heavy (non-hydrogen) atoms. The Hall–Kier alpha value is -3.40. The molecule has 0 aliphatic heterocycles. The number of carboxylic acid groups (broad SMARTS) is 2. The molecule has 1 aromatic heterocycles. The van der Waals surface area contributed by atoms with Gasteiger partial charge >= 0.3 is 11.9 Å². The largest absolute Gasteiger partial charge is 0.481 e. The summed E-state index contributed by atoms with van der Waals surface area (Å²) >= 11 is 0. The molecule has 0 aliphatic carbocycles. The monoisotopic (exact) mass is 390 g/mol. The summed E-state index contributed by atoms with van der Waals surface area (Å²) in [5.74, 6) is -3.82. The van der Waals surface area contributed by atoms with Gasteiger partial charge in [-0.05, 0) is 24.5 Å². The molecular weight excluding hydrogens is 368 g/mol. The molecule has 2 unspecified atom stereocenters. The van der Waals surface area contributed by atoms with Crippen LogP contribution in [0.2, 0.25) is 0 Å². The highest BCUT2D eigenvalue weighted by atomic mass is 16.4. The lowest BCUT2D eigenvalue weighted by molar-refractivity contribution is -0.143. The molecule has 2 atom stereocenters. The van der Waals surface area contributed by atoms with E-state index in [0.717, 1.165) is 16.5 Å². The Morgan fingerprint density at radius 1 is 1.14 bits per heavy atom. The number of rotatable bonds is 10. The van der Waals surface area contributed by atoms with E-state index in [-0.39, 0.29) is 12.8 Å². The fourth-order valence-corrected chi connectivity index (χ4v) is 2.70. The Bertz CT molecular complexity index is 878. The molecule has 2 rings (SSSR count). The maximum absolute atomic E-state index is 12.1. The van der Waals surface area contributed by atoms with Gasteiger partial charge in [-0.2, -0.15) is 0 Å². The number of hydrogen-bond donors (Lipinski definition) is 6. The number of nitrogens with one attached hydrogen (secondary N) is 3. The van der Waals surface area contributed by atoms with Crippen LogP contribution in [0.4, 0.5) is 0 Å². The number of amides is 2. The second-order valence-corrected chi connectivity index (χ2v) is 6.28. The van der Waals surface area contributed by atoms with E-state index in [2.05, 4.69) is 15.6 Å². The van der Waals surface area contributed by atoms with Gasteiger partial charge in [-0.25, -0.2) is 4.79 Å². The van der Waals surface area contributed by atoms with Crippen LogP contribution in [0.5, 0.6) is 0 Å². The van der Waals surface area contributed by atoms with Crippen LogP contribution in [-0.2, 0) is 25.6 Å². The van der Waals surface area contributed by atoms with E-state index in [0.29, 0.717) is 0 Å². The Morgan fingerprint density at radius 3 is 2.54 bits per heavy atom. The summed E-state index contributed by atoms with van der Waals surface area (Å²) in [5.41, 5.74) is 7.68. The molecule has 0 spiro atoms. The van der Waals surface area contributed by atoms with Crippen molar-refractivity contribution in [1.82, 2.24) is 15.6 Å². The number of carbonyl (C=O) groups is 4. The molecule has 0 saturated carbocycles. The zero-order valence-corrected chi connectivity index (χ0v) is 15.0. The molecule has 7 N–H and O–H groups in total. The SMILES string of the molecule is NC(Cc1c[nH]c2ccccc12)C(=O)NCC(=O)NC(CCC(=O)O)C(=O)O. The topological polar surface area (TPSA) is 175 Å². The van der Waals surface area contributed by atoms with E-state index >= 15 is 0 Å². The predicted molar refractivity (Wildman–Crippen MR) is 99.4 cm³/mol. The van der Waals surface area contributed by atoms with Crippen molar-refractivity contribution in [2.75, 3.05) is 6.54 Å². The molecule has 10 nitrogen and oxygen atoms in total. The molecule has 0 bridgehead atoms. The van der Waals surface area contributed by atoms with E-state index in [9.17, 15) is 19.2 Å². The first-order valence-electron chi connectivity index (χ1n) is 8.60. The molecule has 1 aromatic carbocycles. The number of H-pyrrole nitrogens is 1. The van der Waals surface area contributed by atoms with Gasteiger partial charge in [0.2, 0.25) is 11.8 Å². The molecule has 10 heteroatoms. The van der Waals surface area contributed by atoms with Gasteiger partial charge in [-0.1, -0.05) is 18.2 Å². The van der Waals surface area contributed by atoms with Crippen molar-refractivity contribution in [1.29, 1.82) is 0 Å². The van der Waals surface area contributed by atoms with Crippen LogP contribution < -0.4 is 16.4 Å². The van der Waals surface area contributed by atoms with Crippen LogP contribution in [0.25, 0.3) is 10.9 Å². The number of carbonyl (C=O) groups excluding carboxylic acids is 2. The van der Waals surface area contributed by atoms with E-state index in [1.54, 1.807) is 6.20 Å². The molecule has 0 radical (unpaired) electrons. The van der Waals surface area contributed by atoms with Crippen molar-refractivity contribution in [3.05, 3.63) is 36.0 Å². The zero-order valence-electron chi connectivity index (χ0n) is 15.0. The molecule has 1 heterocycles. The van der Waals surface area contributed by atoms with Crippen molar-refractivity contribution in [3.63, 3.8) is 0 Å². The fraction of sp³-hybridized carbons (Fsp3) is 0.333. The van der Waals surface area contributed by atoms with Gasteiger partial charge in [-0.3, -0.25) is 14.4 Å². The second kappa shape index (κ2) is 9.51. The normalized spacial score (nSPS) is 12.9. The lowest BCUT2D eigenvalue weighted by atomic mass is 10.1. The van der Waals surface area contributed by atoms with Crippen molar-refractivity contribution in [2.45, 2.75) is 31.3 Å². The Balaban J connectivity index is 1.83. The van der Waals surface area contributed by atoms with Crippen LogP contribution in [-0.4, -0.2) is 57.6 Å². The van der Waals surface area contributed by atoms with Gasteiger partial charge in [0.1, 0.15) is 6.04 Å². The third-order valence-electron chi connectivity index (χ3n) is 4.15. The highest BCUT2D eigenvalue weighted by molar-refractivity contribution is 5.90. The smallest absolute Gasteiger partial charge is 0.326 e. The molecular formula is C18H22N4O6. The average Bonchev–Trinajstić information content (AvgIpc) is 3.05. The predicted octanol–water partition coefficient (Wildman–Crippen LogP) is -0.412. The lowest BCUT2D eigenvalue weighted by Gasteiger charge is -2.15. The number of carboxylic acids is 2. The highest BCUT2D eigenvalue weighted by Gasteiger charge is 2.22. The van der Waals surface area contributed by atoms with Crippen LogP contribution >= 0.6 is 0 Å². The van der Waals surface area contributed by atoms with Gasteiger partial charge < -0.3 is 31.6 Å². The third kappa shape index (κ3) is 5.81. The molecule has 2 aromatic rings. The maximum atomic E-state index is 12.1.